The Balaban J connectivity index is 2.10. The molecule has 2 aromatic heterocycles. The van der Waals surface area contributed by atoms with Gasteiger partial charge < -0.3 is 10.2 Å². The number of carbonyl (C=O) groups excluding carboxylic acids is 2. The molecule has 0 unspecified atom stereocenters. The van der Waals surface area contributed by atoms with Gasteiger partial charge >= 0.3 is 0 Å². The summed E-state index contributed by atoms with van der Waals surface area (Å²) < 4.78 is 1.73. The van der Waals surface area contributed by atoms with Crippen LogP contribution in [0.1, 0.15) is 24.3 Å². The van der Waals surface area contributed by atoms with E-state index < -0.39 is 0 Å². The summed E-state index contributed by atoms with van der Waals surface area (Å²) in [5.74, 6) is 0.869. The van der Waals surface area contributed by atoms with Gasteiger partial charge in [0.05, 0.1) is 6.54 Å². The zero-order valence-electron chi connectivity index (χ0n) is 11.8. The highest BCUT2D eigenvalue weighted by Crippen LogP contribution is 2.22. The topological polar surface area (TPSA) is 66.7 Å². The molecule has 1 N–H and O–H groups in total. The van der Waals surface area contributed by atoms with Crippen LogP contribution in [0.3, 0.4) is 0 Å². The lowest BCUT2D eigenvalue weighted by molar-refractivity contribution is -0.119. The lowest BCUT2D eigenvalue weighted by Crippen LogP contribution is -2.37. The smallest absolute Gasteiger partial charge is 0.239 e. The number of likely N-dealkylation sites (N-methyl/N-ethyl adjacent to an activating group) is 1. The highest BCUT2D eigenvalue weighted by atomic mass is 32.1. The Morgan fingerprint density at radius 1 is 1.60 bits per heavy atom. The number of aldehydes is 1. The quantitative estimate of drug-likeness (QED) is 0.818. The number of amides is 1. The van der Waals surface area contributed by atoms with Crippen LogP contribution in [0.15, 0.2) is 11.6 Å². The Hall–Kier alpha value is -1.89. The minimum atomic E-state index is -0.0746. The third-order valence-corrected chi connectivity index (χ3v) is 3.60. The fourth-order valence-electron chi connectivity index (χ4n) is 1.85. The van der Waals surface area contributed by atoms with E-state index in [9.17, 15) is 9.59 Å². The zero-order valence-corrected chi connectivity index (χ0v) is 12.6. The predicted molar refractivity (Wildman–Crippen MR) is 79.6 cm³/mol. The van der Waals surface area contributed by atoms with Gasteiger partial charge in [0.2, 0.25) is 5.91 Å². The number of nitrogens with zero attached hydrogens (tertiary/aromatic N) is 3. The van der Waals surface area contributed by atoms with Crippen molar-refractivity contribution in [3.05, 3.63) is 17.3 Å². The van der Waals surface area contributed by atoms with Crippen LogP contribution in [-0.2, 0) is 4.79 Å². The number of fused-ring (bicyclic) bond motifs is 1. The molecule has 2 rings (SSSR count). The molecule has 20 heavy (non-hydrogen) atoms. The van der Waals surface area contributed by atoms with Crippen molar-refractivity contribution in [2.24, 2.45) is 5.92 Å². The van der Waals surface area contributed by atoms with E-state index in [0.29, 0.717) is 24.0 Å². The molecule has 2 heterocycles. The summed E-state index contributed by atoms with van der Waals surface area (Å²) in [6, 6.07) is 0. The van der Waals surface area contributed by atoms with Crippen LogP contribution in [-0.4, -0.2) is 41.7 Å². The van der Waals surface area contributed by atoms with Gasteiger partial charge in [-0.2, -0.15) is 0 Å². The Labute approximate surface area is 121 Å². The van der Waals surface area contributed by atoms with Gasteiger partial charge in [-0.1, -0.05) is 13.8 Å². The molecule has 0 saturated carbocycles. The van der Waals surface area contributed by atoms with E-state index in [0.717, 1.165) is 11.2 Å². The van der Waals surface area contributed by atoms with E-state index in [1.54, 1.807) is 22.5 Å². The summed E-state index contributed by atoms with van der Waals surface area (Å²) in [5, 5.41) is 4.72. The number of anilines is 1. The van der Waals surface area contributed by atoms with Crippen LogP contribution in [0.5, 0.6) is 0 Å². The van der Waals surface area contributed by atoms with Crippen LogP contribution in [0.4, 0.5) is 5.82 Å². The van der Waals surface area contributed by atoms with Crippen LogP contribution >= 0.6 is 11.3 Å². The molecule has 108 valence electrons. The van der Waals surface area contributed by atoms with Crippen molar-refractivity contribution in [3.8, 4) is 0 Å². The average molecular weight is 294 g/mol. The van der Waals surface area contributed by atoms with Crippen LogP contribution in [0.2, 0.25) is 0 Å². The summed E-state index contributed by atoms with van der Waals surface area (Å²) in [6.45, 7) is 4.90. The van der Waals surface area contributed by atoms with E-state index in [2.05, 4.69) is 10.3 Å². The first-order valence-electron chi connectivity index (χ1n) is 6.41. The lowest BCUT2D eigenvalue weighted by Gasteiger charge is -2.17. The van der Waals surface area contributed by atoms with Crippen molar-refractivity contribution in [2.45, 2.75) is 13.8 Å². The number of aromatic nitrogens is 2. The summed E-state index contributed by atoms with van der Waals surface area (Å²) in [7, 11) is 1.76. The second-order valence-electron chi connectivity index (χ2n) is 5.05. The third-order valence-electron chi connectivity index (χ3n) is 2.84. The van der Waals surface area contributed by atoms with Gasteiger partial charge in [0.15, 0.2) is 17.1 Å². The highest BCUT2D eigenvalue weighted by molar-refractivity contribution is 7.15. The second-order valence-corrected chi connectivity index (χ2v) is 5.92. The van der Waals surface area contributed by atoms with Crippen molar-refractivity contribution in [3.63, 3.8) is 0 Å². The first-order chi connectivity index (χ1) is 9.52. The number of carbonyl (C=O) groups is 2. The first kappa shape index (κ1) is 14.5. The molecule has 2 aromatic rings. The number of hydrogen-bond donors (Lipinski definition) is 1. The van der Waals surface area contributed by atoms with Crippen molar-refractivity contribution in [1.82, 2.24) is 14.7 Å². The van der Waals surface area contributed by atoms with Gasteiger partial charge in [0.1, 0.15) is 5.69 Å². The molecule has 1 amide bonds. The summed E-state index contributed by atoms with van der Waals surface area (Å²) in [4.78, 5) is 29.9. The van der Waals surface area contributed by atoms with Gasteiger partial charge in [-0.15, -0.1) is 11.3 Å². The minimum absolute atomic E-state index is 0.0746. The molecule has 0 aliphatic carbocycles. The van der Waals surface area contributed by atoms with E-state index in [4.69, 9.17) is 0 Å². The monoisotopic (exact) mass is 294 g/mol. The molecular weight excluding hydrogens is 276 g/mol. The molecule has 0 aliphatic heterocycles. The molecule has 0 saturated heterocycles. The van der Waals surface area contributed by atoms with Gasteiger partial charge in [-0.05, 0) is 5.92 Å². The van der Waals surface area contributed by atoms with E-state index in [1.807, 2.05) is 19.2 Å². The Kier molecular flexibility index (Phi) is 4.39. The fourth-order valence-corrected chi connectivity index (χ4v) is 2.56. The van der Waals surface area contributed by atoms with Gasteiger partial charge in [-0.3, -0.25) is 14.0 Å². The maximum Gasteiger partial charge on any atom is 0.239 e. The molecule has 6 nitrogen and oxygen atoms in total. The molecule has 0 fully saturated rings. The first-order valence-corrected chi connectivity index (χ1v) is 7.29. The van der Waals surface area contributed by atoms with Crippen molar-refractivity contribution < 1.29 is 9.59 Å². The number of nitrogens with one attached hydrogen (secondary N) is 1. The van der Waals surface area contributed by atoms with E-state index in [-0.39, 0.29) is 12.5 Å². The Morgan fingerprint density at radius 3 is 3.00 bits per heavy atom. The molecular formula is C13H18N4O2S. The minimum Gasteiger partial charge on any atom is -0.354 e. The van der Waals surface area contributed by atoms with Gasteiger partial charge in [0.25, 0.3) is 0 Å². The van der Waals surface area contributed by atoms with Gasteiger partial charge in [-0.25, -0.2) is 4.98 Å². The summed E-state index contributed by atoms with van der Waals surface area (Å²) >= 11 is 1.45. The van der Waals surface area contributed by atoms with Crippen molar-refractivity contribution in [1.29, 1.82) is 0 Å². The lowest BCUT2D eigenvalue weighted by atomic mass is 10.2. The number of hydrogen-bond acceptors (Lipinski definition) is 5. The molecule has 0 radical (unpaired) electrons. The Bertz CT molecular complexity index is 617. The SMILES string of the molecule is CC(C)CNC(=O)CN(C)c1nc2sccn2c1C=O. The second kappa shape index (κ2) is 6.04. The maximum atomic E-state index is 11.8. The molecule has 7 heteroatoms. The number of thiazole rings is 1. The van der Waals surface area contributed by atoms with Crippen LogP contribution < -0.4 is 10.2 Å². The molecule has 0 bridgehead atoms. The largest absolute Gasteiger partial charge is 0.354 e. The van der Waals surface area contributed by atoms with Crippen LogP contribution in [0.25, 0.3) is 4.96 Å². The molecule has 0 atom stereocenters. The average Bonchev–Trinajstić information content (AvgIpc) is 2.95. The molecule has 0 aliphatic rings. The standard InChI is InChI=1S/C13H18N4O2S/c1-9(2)6-14-11(19)7-16(3)12-10(8-18)17-4-5-20-13(17)15-12/h4-5,8-9H,6-7H2,1-3H3,(H,14,19). The van der Waals surface area contributed by atoms with Crippen molar-refractivity contribution in [2.75, 3.05) is 25.0 Å². The van der Waals surface area contributed by atoms with Gasteiger partial charge in [0, 0.05) is 25.2 Å². The predicted octanol–water partition coefficient (Wildman–Crippen LogP) is 1.42. The normalized spacial score (nSPS) is 11.0. The van der Waals surface area contributed by atoms with Crippen molar-refractivity contribution >= 4 is 34.3 Å². The molecule has 0 aromatic carbocycles. The third kappa shape index (κ3) is 2.98. The summed E-state index contributed by atoms with van der Waals surface area (Å²) in [6.07, 6.45) is 2.57. The number of rotatable bonds is 6. The number of imidazole rings is 1. The highest BCUT2D eigenvalue weighted by Gasteiger charge is 2.17. The van der Waals surface area contributed by atoms with Crippen LogP contribution in [0, 0.1) is 5.92 Å². The van der Waals surface area contributed by atoms with E-state index >= 15 is 0 Å². The summed E-state index contributed by atoms with van der Waals surface area (Å²) in [5.41, 5.74) is 0.473. The van der Waals surface area contributed by atoms with E-state index in [1.165, 1.54) is 11.3 Å². The maximum absolute atomic E-state index is 11.8. The Morgan fingerprint density at radius 2 is 2.35 bits per heavy atom. The molecule has 0 spiro atoms. The fraction of sp³-hybridized carbons (Fsp3) is 0.462. The zero-order chi connectivity index (χ0) is 14.7.